The number of rotatable bonds is 3. The van der Waals surface area contributed by atoms with Crippen molar-refractivity contribution >= 4 is 41.7 Å². The number of hydrogen-bond donors (Lipinski definition) is 0. The molecule has 0 unspecified atom stereocenters. The van der Waals surface area contributed by atoms with Crippen LogP contribution in [0.25, 0.3) is 43.8 Å². The Balaban J connectivity index is 0.000000253. The molecule has 6 aromatic rings. The van der Waals surface area contributed by atoms with Crippen LogP contribution in [0, 0.1) is 28.7 Å². The fourth-order valence-electron chi connectivity index (χ4n) is 5.00. The van der Waals surface area contributed by atoms with E-state index in [1.165, 1.54) is 78.3 Å². The zero-order valence-corrected chi connectivity index (χ0v) is 29.4. The third kappa shape index (κ3) is 7.58. The van der Waals surface area contributed by atoms with E-state index in [0.29, 0.717) is 0 Å². The molecular weight excluding hydrogens is 592 g/mol. The molecule has 2 radical (unpaired) electrons. The van der Waals surface area contributed by atoms with Crippen LogP contribution in [0.4, 0.5) is 0 Å². The summed E-state index contributed by atoms with van der Waals surface area (Å²) in [6.45, 7) is 14.6. The van der Waals surface area contributed by atoms with Gasteiger partial charge in [0.05, 0.1) is 8.07 Å². The van der Waals surface area contributed by atoms with E-state index in [0.717, 1.165) is 0 Å². The van der Waals surface area contributed by atoms with Crippen LogP contribution in [0.1, 0.15) is 11.1 Å². The normalized spacial score (nSPS) is 10.4. The summed E-state index contributed by atoms with van der Waals surface area (Å²) in [5, 5.41) is 7.06. The van der Waals surface area contributed by atoms with Crippen LogP contribution in [0.3, 0.4) is 0 Å². The maximum atomic E-state index is 3.06. The van der Waals surface area contributed by atoms with Crippen molar-refractivity contribution in [2.45, 2.75) is 33.5 Å². The number of aryl methyl sites for hydroxylation is 2. The maximum absolute atomic E-state index is 3.06. The molecule has 6 aromatic carbocycles. The van der Waals surface area contributed by atoms with Crippen LogP contribution in [0.2, 0.25) is 19.6 Å². The Morgan fingerprint density at radius 2 is 1.15 bits per heavy atom. The second-order valence-electron chi connectivity index (χ2n) is 10.8. The van der Waals surface area contributed by atoms with E-state index >= 15 is 0 Å². The van der Waals surface area contributed by atoms with E-state index in [1.807, 2.05) is 0 Å². The first kappa shape index (κ1) is 33.6. The first-order chi connectivity index (χ1) is 18.3. The van der Waals surface area contributed by atoms with Crippen molar-refractivity contribution in [1.29, 1.82) is 0 Å². The summed E-state index contributed by atoms with van der Waals surface area (Å²) in [7, 11) is -1.24. The van der Waals surface area contributed by atoms with Crippen molar-refractivity contribution in [2.24, 2.45) is 0 Å². The van der Waals surface area contributed by atoms with Gasteiger partial charge in [-0.1, -0.05) is 117 Å². The third-order valence-corrected chi connectivity index (χ3v) is 9.06. The van der Waals surface area contributed by atoms with Crippen molar-refractivity contribution in [3.63, 3.8) is 0 Å². The first-order valence-electron chi connectivity index (χ1n) is 13.0. The van der Waals surface area contributed by atoms with Gasteiger partial charge in [-0.25, -0.2) is 0 Å². The number of fused-ring (bicyclic) bond motifs is 2. The van der Waals surface area contributed by atoms with Gasteiger partial charge in [0, 0.05) is 0 Å². The molecule has 3 heteroatoms. The quantitative estimate of drug-likeness (QED) is 0.135. The Labute approximate surface area is 260 Å². The molecular formula is C37H40Si2Zr-4. The van der Waals surface area contributed by atoms with Crippen molar-refractivity contribution in [3.8, 4) is 22.3 Å². The van der Waals surface area contributed by atoms with Crippen molar-refractivity contribution < 1.29 is 23.3 Å². The molecule has 0 spiro atoms. The average molecular weight is 632 g/mol. The third-order valence-electron chi connectivity index (χ3n) is 7.04. The van der Waals surface area contributed by atoms with Gasteiger partial charge in [0.2, 0.25) is 0 Å². The number of hydrogen-bond acceptors (Lipinski definition) is 0. The van der Waals surface area contributed by atoms with E-state index in [9.17, 15) is 0 Å². The second-order valence-corrected chi connectivity index (χ2v) is 15.9. The summed E-state index contributed by atoms with van der Waals surface area (Å²) in [6.07, 6.45) is 0. The topological polar surface area (TPSA) is 0 Å². The Kier molecular flexibility index (Phi) is 12.5. The average Bonchev–Trinajstić information content (AvgIpc) is 3.56. The van der Waals surface area contributed by atoms with E-state index in [-0.39, 0.29) is 14.9 Å². The first-order valence-corrected chi connectivity index (χ1v) is 20.7. The number of benzene rings is 4. The standard InChI is InChI=1S/C18H19Si.C17H15.2CH3.Si.Zr/c1-19(2,3)16-12-15-10-7-11-17(18(15)13-16)14-8-5-4-6-9-14;1-12-10-16-13(2)8-9-15(17(16)11-12)14-6-4-3-5-7-14;;;;/h4-13H,1-3H3;3-11H,1-2H3;2*1H3;;/q4*-1;;. The van der Waals surface area contributed by atoms with Crippen LogP contribution in [-0.2, 0) is 23.3 Å². The van der Waals surface area contributed by atoms with Gasteiger partial charge in [0.15, 0.2) is 0 Å². The minimum absolute atomic E-state index is 0. The SMILES string of the molecule is C[Si](C)(C)c1cc2c(-c3ccccc3)cccc2[cH-]1.Cc1cc2c(-c3ccccc3)ccc(C)c2[cH-]1.[CH3-].[CH3-].[Si]=[Zr]. The monoisotopic (exact) mass is 630 g/mol. The fraction of sp³-hybridized carbons (Fsp3) is 0.135. The Morgan fingerprint density at radius 3 is 1.70 bits per heavy atom. The molecule has 0 nitrogen and oxygen atoms in total. The molecule has 0 aliphatic heterocycles. The van der Waals surface area contributed by atoms with Gasteiger partial charge in [-0.3, -0.25) is 0 Å². The molecule has 0 atom stereocenters. The zero-order valence-electron chi connectivity index (χ0n) is 25.0. The van der Waals surface area contributed by atoms with Gasteiger partial charge in [-0.2, -0.15) is 12.1 Å². The predicted octanol–water partition coefficient (Wildman–Crippen LogP) is 10.1. The van der Waals surface area contributed by atoms with Gasteiger partial charge in [0.1, 0.15) is 0 Å². The molecule has 204 valence electrons. The van der Waals surface area contributed by atoms with Gasteiger partial charge in [0.25, 0.3) is 0 Å². The van der Waals surface area contributed by atoms with Crippen molar-refractivity contribution in [3.05, 3.63) is 141 Å². The molecule has 40 heavy (non-hydrogen) atoms. The molecule has 0 saturated carbocycles. The molecule has 0 saturated heterocycles. The molecule has 0 fully saturated rings. The van der Waals surface area contributed by atoms with Gasteiger partial charge in [-0.05, 0) is 11.1 Å². The minimum atomic E-state index is -1.24. The van der Waals surface area contributed by atoms with Gasteiger partial charge < -0.3 is 14.9 Å². The molecule has 0 bridgehead atoms. The van der Waals surface area contributed by atoms with Gasteiger partial charge >= 0.3 is 30.2 Å². The summed E-state index contributed by atoms with van der Waals surface area (Å²) < 4.78 is 0. The van der Waals surface area contributed by atoms with Crippen LogP contribution in [0.5, 0.6) is 0 Å². The predicted molar refractivity (Wildman–Crippen MR) is 181 cm³/mol. The van der Waals surface area contributed by atoms with Crippen LogP contribution in [0.15, 0.2) is 115 Å². The molecule has 0 heterocycles. The summed E-state index contributed by atoms with van der Waals surface area (Å²) >= 11 is 1.36. The van der Waals surface area contributed by atoms with E-state index < -0.39 is 8.07 Å². The van der Waals surface area contributed by atoms with E-state index in [4.69, 9.17) is 0 Å². The summed E-state index contributed by atoms with van der Waals surface area (Å²) in [5.74, 6) is 0. The van der Waals surface area contributed by atoms with Gasteiger partial charge in [-0.15, -0.1) is 68.2 Å². The fourth-order valence-corrected chi connectivity index (χ4v) is 6.16. The Hall–Kier alpha value is -2.58. The molecule has 0 aliphatic carbocycles. The second kappa shape index (κ2) is 14.9. The van der Waals surface area contributed by atoms with E-state index in [1.54, 1.807) is 5.19 Å². The summed E-state index contributed by atoms with van der Waals surface area (Å²) in [6, 6.07) is 41.7. The summed E-state index contributed by atoms with van der Waals surface area (Å²) in [4.78, 5) is 0. The molecule has 0 aliphatic rings. The molecule has 0 aromatic heterocycles. The zero-order chi connectivity index (χ0) is 27.3. The summed E-state index contributed by atoms with van der Waals surface area (Å²) in [5.41, 5.74) is 7.98. The van der Waals surface area contributed by atoms with Crippen molar-refractivity contribution in [2.75, 3.05) is 0 Å². The van der Waals surface area contributed by atoms with Crippen molar-refractivity contribution in [1.82, 2.24) is 0 Å². The van der Waals surface area contributed by atoms with Crippen LogP contribution < -0.4 is 5.19 Å². The van der Waals surface area contributed by atoms with Crippen LogP contribution >= 0.6 is 0 Å². The van der Waals surface area contributed by atoms with E-state index in [2.05, 4.69) is 156 Å². The Bertz CT molecular complexity index is 1630. The molecule has 0 N–H and O–H groups in total. The molecule has 0 amide bonds. The Morgan fingerprint density at radius 1 is 0.600 bits per heavy atom. The molecule has 6 rings (SSSR count). The van der Waals surface area contributed by atoms with Crippen LogP contribution in [-0.4, -0.2) is 15.0 Å².